The molecule has 10 heteroatoms. The van der Waals surface area contributed by atoms with Crippen molar-refractivity contribution in [3.05, 3.63) is 77.6 Å². The van der Waals surface area contributed by atoms with Crippen LogP contribution < -0.4 is 14.6 Å². The zero-order valence-corrected chi connectivity index (χ0v) is 21.0. The Bertz CT molecular complexity index is 1220. The summed E-state index contributed by atoms with van der Waals surface area (Å²) in [6.45, 7) is 0.818. The molecule has 192 valence electrons. The molecule has 36 heavy (non-hydrogen) atoms. The van der Waals surface area contributed by atoms with Crippen molar-refractivity contribution in [3.8, 4) is 5.75 Å². The molecule has 0 saturated heterocycles. The van der Waals surface area contributed by atoms with Crippen LogP contribution in [0.2, 0.25) is 0 Å². The monoisotopic (exact) mass is 513 g/mol. The number of carbonyl (C=O) groups excluding carboxylic acids is 2. The lowest BCUT2D eigenvalue weighted by Gasteiger charge is -2.30. The molecule has 0 spiro atoms. The molecule has 2 aromatic rings. The molecule has 0 aromatic heterocycles. The number of aryl methyl sites for hydroxylation is 1. The van der Waals surface area contributed by atoms with Crippen LogP contribution in [-0.4, -0.2) is 51.4 Å². The summed E-state index contributed by atoms with van der Waals surface area (Å²) in [5.41, 5.74) is 1.58. The van der Waals surface area contributed by atoms with Gasteiger partial charge in [0.2, 0.25) is 5.91 Å². The standard InChI is InChI=1S/C26H31N3O6S/c1-34-21-11-9-20(10-12-21)26(15-16-26)25(31)29(17-5-8-19-6-3-2-4-7-19)18-22-13-14-23(35-22)24(30)28-36(27,32)33/h2-4,6-7,9-12,14,22H,5,8,13,15-18H2,1H3,(H,28,30)(H2,27,32,33). The van der Waals surface area contributed by atoms with E-state index in [1.165, 1.54) is 11.6 Å². The predicted octanol–water partition coefficient (Wildman–Crippen LogP) is 2.18. The van der Waals surface area contributed by atoms with Crippen LogP contribution in [0.4, 0.5) is 0 Å². The minimum Gasteiger partial charge on any atom is -0.497 e. The SMILES string of the molecule is COc1ccc(C2(C(=O)N(CCCc3ccccc3)CC3CC=C(C(=O)NS(N)(=O)=O)O3)CC2)cc1. The quantitative estimate of drug-likeness (QED) is 0.474. The van der Waals surface area contributed by atoms with E-state index < -0.39 is 27.6 Å². The van der Waals surface area contributed by atoms with Gasteiger partial charge in [0.1, 0.15) is 11.9 Å². The van der Waals surface area contributed by atoms with Crippen LogP contribution in [0.1, 0.15) is 36.8 Å². The lowest BCUT2D eigenvalue weighted by atomic mass is 9.93. The van der Waals surface area contributed by atoms with E-state index in [9.17, 15) is 18.0 Å². The Morgan fingerprint density at radius 1 is 1.14 bits per heavy atom. The molecule has 1 saturated carbocycles. The number of rotatable bonds is 11. The number of nitrogens with zero attached hydrogens (tertiary/aromatic N) is 1. The number of hydrogen-bond acceptors (Lipinski definition) is 6. The van der Waals surface area contributed by atoms with E-state index in [-0.39, 0.29) is 18.2 Å². The van der Waals surface area contributed by atoms with Crippen molar-refractivity contribution in [3.63, 3.8) is 0 Å². The Balaban J connectivity index is 1.45. The van der Waals surface area contributed by atoms with Gasteiger partial charge in [0.15, 0.2) is 5.76 Å². The van der Waals surface area contributed by atoms with Crippen molar-refractivity contribution in [2.45, 2.75) is 43.6 Å². The number of methoxy groups -OCH3 is 1. The zero-order chi connectivity index (χ0) is 25.8. The maximum atomic E-state index is 13.9. The Morgan fingerprint density at radius 2 is 1.83 bits per heavy atom. The van der Waals surface area contributed by atoms with Gasteiger partial charge < -0.3 is 14.4 Å². The van der Waals surface area contributed by atoms with Crippen LogP contribution in [0.3, 0.4) is 0 Å². The van der Waals surface area contributed by atoms with E-state index in [4.69, 9.17) is 14.6 Å². The van der Waals surface area contributed by atoms with Crippen molar-refractivity contribution in [1.82, 2.24) is 9.62 Å². The third-order valence-electron chi connectivity index (χ3n) is 6.57. The highest BCUT2D eigenvalue weighted by Crippen LogP contribution is 2.50. The maximum Gasteiger partial charge on any atom is 0.300 e. The molecule has 1 atom stereocenters. The molecule has 3 N–H and O–H groups in total. The highest BCUT2D eigenvalue weighted by Gasteiger charge is 2.53. The molecule has 1 unspecified atom stereocenters. The summed E-state index contributed by atoms with van der Waals surface area (Å²) in [4.78, 5) is 27.8. The van der Waals surface area contributed by atoms with Gasteiger partial charge >= 0.3 is 0 Å². The second-order valence-electron chi connectivity index (χ2n) is 9.17. The largest absolute Gasteiger partial charge is 0.497 e. The average molecular weight is 514 g/mol. The van der Waals surface area contributed by atoms with Gasteiger partial charge in [-0.05, 0) is 55.0 Å². The molecular formula is C26H31N3O6S. The molecule has 1 fully saturated rings. The third-order valence-corrected chi connectivity index (χ3v) is 7.04. The number of benzene rings is 2. The first-order valence-corrected chi connectivity index (χ1v) is 13.4. The number of ether oxygens (including phenoxy) is 2. The predicted molar refractivity (Wildman–Crippen MR) is 134 cm³/mol. The van der Waals surface area contributed by atoms with Crippen LogP contribution in [0.25, 0.3) is 0 Å². The first-order valence-electron chi connectivity index (χ1n) is 11.9. The fourth-order valence-electron chi connectivity index (χ4n) is 4.56. The summed E-state index contributed by atoms with van der Waals surface area (Å²) in [6.07, 6.45) is 4.57. The Hall–Kier alpha value is -3.37. The summed E-state index contributed by atoms with van der Waals surface area (Å²) in [7, 11) is -2.59. The van der Waals surface area contributed by atoms with Gasteiger partial charge in [0.05, 0.1) is 19.1 Å². The molecule has 2 aliphatic rings. The van der Waals surface area contributed by atoms with Crippen LogP contribution in [-0.2, 0) is 36.4 Å². The molecule has 0 bridgehead atoms. The van der Waals surface area contributed by atoms with Crippen molar-refractivity contribution >= 4 is 22.0 Å². The molecule has 9 nitrogen and oxygen atoms in total. The number of carbonyl (C=O) groups is 2. The molecule has 1 aliphatic heterocycles. The van der Waals surface area contributed by atoms with E-state index in [0.29, 0.717) is 13.0 Å². The summed E-state index contributed by atoms with van der Waals surface area (Å²) in [5.74, 6) is -0.259. The van der Waals surface area contributed by atoms with Crippen LogP contribution in [0.5, 0.6) is 5.75 Å². The fraction of sp³-hybridized carbons (Fsp3) is 0.385. The van der Waals surface area contributed by atoms with E-state index in [2.05, 4.69) is 12.1 Å². The number of nitrogens with two attached hydrogens (primary N) is 1. The molecule has 4 rings (SSSR count). The van der Waals surface area contributed by atoms with Crippen molar-refractivity contribution in [2.24, 2.45) is 5.14 Å². The Morgan fingerprint density at radius 3 is 2.44 bits per heavy atom. The number of hydrogen-bond donors (Lipinski definition) is 2. The first kappa shape index (κ1) is 25.7. The van der Waals surface area contributed by atoms with E-state index in [1.807, 2.05) is 47.4 Å². The first-order chi connectivity index (χ1) is 17.2. The maximum absolute atomic E-state index is 13.9. The van der Waals surface area contributed by atoms with Crippen molar-refractivity contribution < 1.29 is 27.5 Å². The summed E-state index contributed by atoms with van der Waals surface area (Å²) in [6, 6.07) is 17.7. The lowest BCUT2D eigenvalue weighted by molar-refractivity contribution is -0.135. The Labute approximate surface area is 211 Å². The van der Waals surface area contributed by atoms with Gasteiger partial charge in [0, 0.05) is 13.0 Å². The molecule has 2 amide bonds. The normalized spacial score (nSPS) is 18.1. The van der Waals surface area contributed by atoms with Gasteiger partial charge in [-0.1, -0.05) is 42.5 Å². The summed E-state index contributed by atoms with van der Waals surface area (Å²) < 4.78 is 35.0. The van der Waals surface area contributed by atoms with Crippen LogP contribution in [0, 0.1) is 0 Å². The van der Waals surface area contributed by atoms with Crippen LogP contribution >= 0.6 is 0 Å². The van der Waals surface area contributed by atoms with Crippen molar-refractivity contribution in [2.75, 3.05) is 20.2 Å². The Kier molecular flexibility index (Phi) is 7.65. The average Bonchev–Trinajstić information content (AvgIpc) is 3.54. The molecule has 2 aromatic carbocycles. The van der Waals surface area contributed by atoms with Gasteiger partial charge in [-0.25, -0.2) is 9.86 Å². The second kappa shape index (κ2) is 10.7. The minimum atomic E-state index is -4.19. The topological polar surface area (TPSA) is 128 Å². The second-order valence-corrected chi connectivity index (χ2v) is 10.5. The fourth-order valence-corrected chi connectivity index (χ4v) is 4.91. The minimum absolute atomic E-state index is 0.0340. The van der Waals surface area contributed by atoms with E-state index in [1.54, 1.807) is 11.8 Å². The summed E-state index contributed by atoms with van der Waals surface area (Å²) in [5, 5.41) is 4.89. The number of amides is 2. The van der Waals surface area contributed by atoms with Gasteiger partial charge in [0.25, 0.3) is 16.1 Å². The van der Waals surface area contributed by atoms with Crippen LogP contribution in [0.15, 0.2) is 66.4 Å². The third kappa shape index (κ3) is 6.24. The smallest absolute Gasteiger partial charge is 0.300 e. The zero-order valence-electron chi connectivity index (χ0n) is 20.2. The van der Waals surface area contributed by atoms with Gasteiger partial charge in [-0.15, -0.1) is 0 Å². The molecular weight excluding hydrogens is 482 g/mol. The van der Waals surface area contributed by atoms with E-state index >= 15 is 0 Å². The summed E-state index contributed by atoms with van der Waals surface area (Å²) >= 11 is 0. The molecule has 1 heterocycles. The van der Waals surface area contributed by atoms with Gasteiger partial charge in [-0.2, -0.15) is 8.42 Å². The molecule has 1 aliphatic carbocycles. The highest BCUT2D eigenvalue weighted by molar-refractivity contribution is 7.87. The van der Waals surface area contributed by atoms with E-state index in [0.717, 1.165) is 37.0 Å². The lowest BCUT2D eigenvalue weighted by Crippen LogP contribution is -2.44. The highest BCUT2D eigenvalue weighted by atomic mass is 32.2. The number of nitrogens with one attached hydrogen (secondary N) is 1. The molecule has 0 radical (unpaired) electrons. The van der Waals surface area contributed by atoms with Gasteiger partial charge in [-0.3, -0.25) is 9.59 Å². The van der Waals surface area contributed by atoms with Crippen molar-refractivity contribution in [1.29, 1.82) is 0 Å².